The van der Waals surface area contributed by atoms with Crippen LogP contribution in [0.2, 0.25) is 10.0 Å². The van der Waals surface area contributed by atoms with Crippen molar-refractivity contribution in [3.05, 3.63) is 52.1 Å². The van der Waals surface area contributed by atoms with Crippen molar-refractivity contribution in [3.8, 4) is 5.75 Å². The van der Waals surface area contributed by atoms with Crippen LogP contribution in [0.1, 0.15) is 62.7 Å². The van der Waals surface area contributed by atoms with Gasteiger partial charge in [-0.3, -0.25) is 9.59 Å². The van der Waals surface area contributed by atoms with E-state index in [0.717, 1.165) is 44.3 Å². The molecule has 2 aromatic rings. The molecule has 0 radical (unpaired) electrons. The van der Waals surface area contributed by atoms with E-state index in [1.165, 1.54) is 0 Å². The Kier molecular flexibility index (Phi) is 6.57. The van der Waals surface area contributed by atoms with E-state index in [-0.39, 0.29) is 17.9 Å². The number of piperidine rings is 1. The number of anilines is 1. The van der Waals surface area contributed by atoms with Crippen LogP contribution in [0.3, 0.4) is 0 Å². The zero-order chi connectivity index (χ0) is 24.7. The molecular formula is C26H30Cl2N4O3. The van der Waals surface area contributed by atoms with Crippen molar-refractivity contribution in [1.82, 2.24) is 15.6 Å². The third-order valence-corrected chi connectivity index (χ3v) is 7.61. The van der Waals surface area contributed by atoms with E-state index in [4.69, 9.17) is 27.9 Å². The van der Waals surface area contributed by atoms with Gasteiger partial charge in [0.1, 0.15) is 11.6 Å². The fraction of sp³-hybridized carbons (Fsp3) is 0.500. The van der Waals surface area contributed by atoms with E-state index < -0.39 is 5.60 Å². The first-order valence-corrected chi connectivity index (χ1v) is 13.0. The number of aromatic nitrogens is 1. The molecule has 2 amide bonds. The van der Waals surface area contributed by atoms with Crippen LogP contribution in [-0.2, 0) is 4.79 Å². The van der Waals surface area contributed by atoms with Gasteiger partial charge in [0, 0.05) is 41.5 Å². The molecule has 1 saturated carbocycles. The number of fused-ring (bicyclic) bond motifs is 2. The van der Waals surface area contributed by atoms with Crippen LogP contribution in [0.5, 0.6) is 5.75 Å². The van der Waals surface area contributed by atoms with Gasteiger partial charge in [0.25, 0.3) is 11.8 Å². The third-order valence-electron chi connectivity index (χ3n) is 7.06. The fourth-order valence-corrected chi connectivity index (χ4v) is 5.39. The van der Waals surface area contributed by atoms with Crippen LogP contribution < -0.4 is 20.3 Å². The minimum atomic E-state index is -1.11. The summed E-state index contributed by atoms with van der Waals surface area (Å²) in [7, 11) is 0. The number of benzene rings is 1. The van der Waals surface area contributed by atoms with E-state index in [9.17, 15) is 9.59 Å². The topological polar surface area (TPSA) is 83.6 Å². The van der Waals surface area contributed by atoms with Crippen molar-refractivity contribution in [1.29, 1.82) is 0 Å². The lowest BCUT2D eigenvalue weighted by atomic mass is 9.96. The number of carbonyl (C=O) groups excluding carboxylic acids is 2. The molecule has 2 aliphatic heterocycles. The van der Waals surface area contributed by atoms with Crippen molar-refractivity contribution in [2.24, 2.45) is 0 Å². The molecule has 3 heterocycles. The van der Waals surface area contributed by atoms with Crippen LogP contribution >= 0.6 is 23.2 Å². The number of carbonyl (C=O) groups is 2. The molecule has 9 heteroatoms. The zero-order valence-corrected chi connectivity index (χ0v) is 21.4. The standard InChI is InChI=1S/C26H30Cl2N4O3/c1-26(2,35-22-11-16(27)4-9-21(22)28)25(34)31-18-12-19-7-8-20(13-18)32(19)23-10-3-15(14-29-23)24(33)30-17-5-6-17/h3-4,9-11,14,17-20H,5-8,12-13H2,1-2H3,(H,30,33)(H,31,34)/t18-,19+,20-. The summed E-state index contributed by atoms with van der Waals surface area (Å²) in [6.45, 7) is 3.46. The van der Waals surface area contributed by atoms with Crippen molar-refractivity contribution in [3.63, 3.8) is 0 Å². The zero-order valence-electron chi connectivity index (χ0n) is 19.9. The Morgan fingerprint density at radius 1 is 1.00 bits per heavy atom. The van der Waals surface area contributed by atoms with E-state index in [1.54, 1.807) is 38.2 Å². The van der Waals surface area contributed by atoms with Gasteiger partial charge in [0.2, 0.25) is 0 Å². The molecular weight excluding hydrogens is 487 g/mol. The molecule has 3 atom stereocenters. The first kappa shape index (κ1) is 24.2. The summed E-state index contributed by atoms with van der Waals surface area (Å²) < 4.78 is 5.95. The number of rotatable bonds is 7. The van der Waals surface area contributed by atoms with Gasteiger partial charge in [-0.05, 0) is 76.6 Å². The lowest BCUT2D eigenvalue weighted by molar-refractivity contribution is -0.135. The molecule has 1 aromatic heterocycles. The lowest BCUT2D eigenvalue weighted by Gasteiger charge is -2.40. The Hall–Kier alpha value is -2.51. The lowest BCUT2D eigenvalue weighted by Crippen LogP contribution is -2.55. The number of nitrogens with zero attached hydrogens (tertiary/aromatic N) is 2. The van der Waals surface area contributed by atoms with Crippen LogP contribution in [0.25, 0.3) is 0 Å². The number of pyridine rings is 1. The summed E-state index contributed by atoms with van der Waals surface area (Å²) >= 11 is 12.3. The van der Waals surface area contributed by atoms with Crippen molar-refractivity contribution in [2.75, 3.05) is 4.90 Å². The van der Waals surface area contributed by atoms with E-state index in [1.807, 2.05) is 12.1 Å². The number of amides is 2. The van der Waals surface area contributed by atoms with Gasteiger partial charge in [-0.1, -0.05) is 23.2 Å². The smallest absolute Gasteiger partial charge is 0.263 e. The van der Waals surface area contributed by atoms with E-state index in [2.05, 4.69) is 20.5 Å². The molecule has 186 valence electrons. The molecule has 0 spiro atoms. The maximum absolute atomic E-state index is 13.1. The Labute approximate surface area is 215 Å². The van der Waals surface area contributed by atoms with Gasteiger partial charge in [-0.25, -0.2) is 4.98 Å². The average Bonchev–Trinajstić information content (AvgIpc) is 3.59. The van der Waals surface area contributed by atoms with Gasteiger partial charge < -0.3 is 20.3 Å². The summed E-state index contributed by atoms with van der Waals surface area (Å²) in [6, 6.07) is 9.72. The highest BCUT2D eigenvalue weighted by Crippen LogP contribution is 2.39. The molecule has 2 saturated heterocycles. The summed E-state index contributed by atoms with van der Waals surface area (Å²) in [5.74, 6) is 1.04. The Morgan fingerprint density at radius 3 is 2.34 bits per heavy atom. The van der Waals surface area contributed by atoms with Crippen LogP contribution in [0.4, 0.5) is 5.82 Å². The normalized spacial score (nSPS) is 23.7. The maximum atomic E-state index is 13.1. The fourth-order valence-electron chi connectivity index (χ4n) is 5.07. The van der Waals surface area contributed by atoms with Crippen molar-refractivity contribution in [2.45, 2.75) is 82.1 Å². The van der Waals surface area contributed by atoms with E-state index >= 15 is 0 Å². The van der Waals surface area contributed by atoms with Gasteiger partial charge in [-0.15, -0.1) is 0 Å². The summed E-state index contributed by atoms with van der Waals surface area (Å²) in [5.41, 5.74) is -0.514. The van der Waals surface area contributed by atoms with Gasteiger partial charge in [-0.2, -0.15) is 0 Å². The van der Waals surface area contributed by atoms with Gasteiger partial charge in [0.05, 0.1) is 10.6 Å². The number of hydrogen-bond donors (Lipinski definition) is 2. The highest BCUT2D eigenvalue weighted by Gasteiger charge is 2.43. The largest absolute Gasteiger partial charge is 0.476 e. The molecule has 35 heavy (non-hydrogen) atoms. The highest BCUT2D eigenvalue weighted by atomic mass is 35.5. The van der Waals surface area contributed by atoms with Gasteiger partial charge in [0.15, 0.2) is 5.60 Å². The Morgan fingerprint density at radius 2 is 1.71 bits per heavy atom. The quantitative estimate of drug-likeness (QED) is 0.554. The second-order valence-electron chi connectivity index (χ2n) is 10.3. The van der Waals surface area contributed by atoms with Crippen LogP contribution in [0.15, 0.2) is 36.5 Å². The molecule has 2 N–H and O–H groups in total. The summed E-state index contributed by atoms with van der Waals surface area (Å²) in [4.78, 5) is 32.4. The van der Waals surface area contributed by atoms with Crippen LogP contribution in [-0.4, -0.2) is 46.6 Å². The molecule has 1 aliphatic carbocycles. The first-order chi connectivity index (χ1) is 16.7. The molecule has 3 fully saturated rings. The maximum Gasteiger partial charge on any atom is 0.263 e. The SMILES string of the molecule is CC(C)(Oc1cc(Cl)ccc1Cl)C(=O)N[C@H]1C[C@H]2CC[C@@H](C1)N2c1ccc(C(=O)NC2CC2)cn1. The molecule has 7 nitrogen and oxygen atoms in total. The number of nitrogens with one attached hydrogen (secondary N) is 2. The summed E-state index contributed by atoms with van der Waals surface area (Å²) in [5, 5.41) is 7.10. The predicted molar refractivity (Wildman–Crippen MR) is 136 cm³/mol. The molecule has 5 rings (SSSR count). The van der Waals surface area contributed by atoms with Gasteiger partial charge >= 0.3 is 0 Å². The third kappa shape index (κ3) is 5.36. The summed E-state index contributed by atoms with van der Waals surface area (Å²) in [6.07, 6.45) is 7.57. The second-order valence-corrected chi connectivity index (χ2v) is 11.1. The first-order valence-electron chi connectivity index (χ1n) is 12.2. The molecule has 3 aliphatic rings. The van der Waals surface area contributed by atoms with E-state index in [0.29, 0.717) is 39.5 Å². The minimum Gasteiger partial charge on any atom is -0.476 e. The Bertz CT molecular complexity index is 1110. The average molecular weight is 517 g/mol. The predicted octanol–water partition coefficient (Wildman–Crippen LogP) is 4.75. The number of ether oxygens (including phenoxy) is 1. The second kappa shape index (κ2) is 9.51. The van der Waals surface area contributed by atoms with Crippen molar-refractivity contribution < 1.29 is 14.3 Å². The number of hydrogen-bond acceptors (Lipinski definition) is 5. The molecule has 2 bridgehead atoms. The van der Waals surface area contributed by atoms with Crippen LogP contribution in [0, 0.1) is 0 Å². The van der Waals surface area contributed by atoms with Crippen molar-refractivity contribution >= 4 is 40.8 Å². The monoisotopic (exact) mass is 516 g/mol. The minimum absolute atomic E-state index is 0.0533. The number of halogens is 2. The Balaban J connectivity index is 1.20. The molecule has 1 aromatic carbocycles. The molecule has 0 unspecified atom stereocenters. The highest BCUT2D eigenvalue weighted by molar-refractivity contribution is 6.34.